The summed E-state index contributed by atoms with van der Waals surface area (Å²) < 4.78 is 10.9. The van der Waals surface area contributed by atoms with Crippen molar-refractivity contribution in [3.8, 4) is 29.4 Å². The number of piperazine rings is 1. The van der Waals surface area contributed by atoms with Crippen molar-refractivity contribution in [3.05, 3.63) is 51.6 Å². The standard InChI is InChI=1S/C26H23Cl2N5O4/c1-36-23-11-18-21(10-16(23)4-3-5-32-6-8-33(9-7-32)26(34)35)30-15-17(14-29)25(18)31-22-13-24(37-2)20(28)12-19(22)27/h10-13,15H,5-9H2,1-2H3,(H,30,31)(H,34,35). The second kappa shape index (κ2) is 11.4. The van der Waals surface area contributed by atoms with Gasteiger partial charge in [-0.3, -0.25) is 9.88 Å². The number of carboxylic acid groups (broad SMARTS) is 1. The minimum atomic E-state index is -0.898. The molecular weight excluding hydrogens is 517 g/mol. The average Bonchev–Trinajstić information content (AvgIpc) is 2.90. The Morgan fingerprint density at radius 3 is 2.46 bits per heavy atom. The van der Waals surface area contributed by atoms with Gasteiger partial charge >= 0.3 is 6.09 Å². The number of halogens is 2. The predicted octanol–water partition coefficient (Wildman–Crippen LogP) is 4.82. The lowest BCUT2D eigenvalue weighted by molar-refractivity contribution is 0.111. The lowest BCUT2D eigenvalue weighted by atomic mass is 10.1. The fourth-order valence-corrected chi connectivity index (χ4v) is 4.47. The summed E-state index contributed by atoms with van der Waals surface area (Å²) in [6, 6.07) is 8.97. The van der Waals surface area contributed by atoms with Crippen molar-refractivity contribution < 1.29 is 19.4 Å². The van der Waals surface area contributed by atoms with Crippen LogP contribution in [0.15, 0.2) is 30.5 Å². The van der Waals surface area contributed by atoms with Crippen LogP contribution >= 0.6 is 23.2 Å². The molecule has 0 saturated carbocycles. The number of benzene rings is 2. The second-order valence-electron chi connectivity index (χ2n) is 8.17. The molecule has 1 aliphatic heterocycles. The third-order valence-corrected chi connectivity index (χ3v) is 6.59. The maximum atomic E-state index is 11.1. The molecule has 2 N–H and O–H groups in total. The molecule has 4 rings (SSSR count). The predicted molar refractivity (Wildman–Crippen MR) is 142 cm³/mol. The highest BCUT2D eigenvalue weighted by Crippen LogP contribution is 2.38. The Kier molecular flexibility index (Phi) is 8.10. The number of carbonyl (C=O) groups is 1. The van der Waals surface area contributed by atoms with Crippen LogP contribution in [0, 0.1) is 23.2 Å². The molecule has 0 spiro atoms. The summed E-state index contributed by atoms with van der Waals surface area (Å²) in [4.78, 5) is 19.0. The molecule has 0 bridgehead atoms. The molecule has 9 nitrogen and oxygen atoms in total. The molecule has 2 aromatic carbocycles. The van der Waals surface area contributed by atoms with Crippen molar-refractivity contribution in [1.29, 1.82) is 5.26 Å². The molecule has 0 aliphatic carbocycles. The van der Waals surface area contributed by atoms with E-state index in [-0.39, 0.29) is 0 Å². The van der Waals surface area contributed by atoms with Crippen LogP contribution in [-0.2, 0) is 0 Å². The Balaban J connectivity index is 1.65. The highest BCUT2D eigenvalue weighted by molar-refractivity contribution is 6.37. The van der Waals surface area contributed by atoms with E-state index in [1.807, 2.05) is 0 Å². The Morgan fingerprint density at radius 2 is 1.81 bits per heavy atom. The van der Waals surface area contributed by atoms with Crippen molar-refractivity contribution in [2.45, 2.75) is 0 Å². The van der Waals surface area contributed by atoms with E-state index in [0.29, 0.717) is 87.7 Å². The highest BCUT2D eigenvalue weighted by atomic mass is 35.5. The van der Waals surface area contributed by atoms with Gasteiger partial charge in [-0.15, -0.1) is 0 Å². The summed E-state index contributed by atoms with van der Waals surface area (Å²) >= 11 is 12.6. The first-order valence-electron chi connectivity index (χ1n) is 11.2. The van der Waals surface area contributed by atoms with Gasteiger partial charge in [0.2, 0.25) is 0 Å². The number of pyridine rings is 1. The van der Waals surface area contributed by atoms with Crippen LogP contribution in [0.4, 0.5) is 16.2 Å². The Labute approximate surface area is 224 Å². The van der Waals surface area contributed by atoms with E-state index in [2.05, 4.69) is 33.1 Å². The monoisotopic (exact) mass is 539 g/mol. The summed E-state index contributed by atoms with van der Waals surface area (Å²) in [5, 5.41) is 23.4. The Morgan fingerprint density at radius 1 is 1.08 bits per heavy atom. The molecular formula is C26H23Cl2N5O4. The van der Waals surface area contributed by atoms with Crippen LogP contribution < -0.4 is 14.8 Å². The fraction of sp³-hybridized carbons (Fsp3) is 0.269. The molecule has 1 fully saturated rings. The van der Waals surface area contributed by atoms with E-state index in [1.54, 1.807) is 31.4 Å². The van der Waals surface area contributed by atoms with Gasteiger partial charge in [-0.25, -0.2) is 4.79 Å². The zero-order valence-electron chi connectivity index (χ0n) is 20.1. The van der Waals surface area contributed by atoms with Crippen molar-refractivity contribution in [3.63, 3.8) is 0 Å². The lowest BCUT2D eigenvalue weighted by Gasteiger charge is -2.31. The minimum Gasteiger partial charge on any atom is -0.495 e. The van der Waals surface area contributed by atoms with Crippen LogP contribution in [-0.4, -0.2) is 72.9 Å². The number of ether oxygens (including phenoxy) is 2. The topological polar surface area (TPSA) is 111 Å². The second-order valence-corrected chi connectivity index (χ2v) is 8.98. The molecule has 1 aromatic heterocycles. The quantitative estimate of drug-likeness (QED) is 0.444. The van der Waals surface area contributed by atoms with Crippen molar-refractivity contribution >= 4 is 51.6 Å². The number of rotatable bonds is 5. The number of nitriles is 1. The molecule has 0 radical (unpaired) electrons. The zero-order chi connectivity index (χ0) is 26.5. The van der Waals surface area contributed by atoms with E-state index >= 15 is 0 Å². The number of hydrogen-bond donors (Lipinski definition) is 2. The number of methoxy groups -OCH3 is 2. The number of nitrogens with one attached hydrogen (secondary N) is 1. The largest absolute Gasteiger partial charge is 0.495 e. The number of fused-ring (bicyclic) bond motifs is 1. The average molecular weight is 540 g/mol. The fourth-order valence-electron chi connectivity index (χ4n) is 3.97. The number of anilines is 2. The third-order valence-electron chi connectivity index (χ3n) is 5.98. The summed E-state index contributed by atoms with van der Waals surface area (Å²) in [5.41, 5.74) is 2.59. The molecule has 0 unspecified atom stereocenters. The normalized spacial score (nSPS) is 13.4. The van der Waals surface area contributed by atoms with Gasteiger partial charge in [0.05, 0.1) is 58.8 Å². The van der Waals surface area contributed by atoms with Gasteiger partial charge in [-0.05, 0) is 18.2 Å². The highest BCUT2D eigenvalue weighted by Gasteiger charge is 2.19. The smallest absolute Gasteiger partial charge is 0.407 e. The number of nitrogens with zero attached hydrogens (tertiary/aromatic N) is 4. The minimum absolute atomic E-state index is 0.318. The van der Waals surface area contributed by atoms with Gasteiger partial charge in [0.25, 0.3) is 0 Å². The summed E-state index contributed by atoms with van der Waals surface area (Å²) in [7, 11) is 3.05. The van der Waals surface area contributed by atoms with Gasteiger partial charge in [0.1, 0.15) is 17.6 Å². The molecule has 3 aromatic rings. The third kappa shape index (κ3) is 5.76. The summed E-state index contributed by atoms with van der Waals surface area (Å²) in [5.74, 6) is 7.25. The zero-order valence-corrected chi connectivity index (χ0v) is 21.7. The van der Waals surface area contributed by atoms with E-state index in [4.69, 9.17) is 37.8 Å². The van der Waals surface area contributed by atoms with E-state index < -0.39 is 6.09 Å². The van der Waals surface area contributed by atoms with Crippen molar-refractivity contribution in [2.75, 3.05) is 52.3 Å². The van der Waals surface area contributed by atoms with Crippen LogP contribution in [0.2, 0.25) is 10.0 Å². The van der Waals surface area contributed by atoms with Crippen LogP contribution in [0.25, 0.3) is 10.9 Å². The molecule has 37 heavy (non-hydrogen) atoms. The van der Waals surface area contributed by atoms with Crippen LogP contribution in [0.3, 0.4) is 0 Å². The molecule has 11 heteroatoms. The molecule has 1 amide bonds. The number of hydrogen-bond acceptors (Lipinski definition) is 7. The molecule has 2 heterocycles. The van der Waals surface area contributed by atoms with Crippen molar-refractivity contribution in [2.24, 2.45) is 0 Å². The van der Waals surface area contributed by atoms with Crippen molar-refractivity contribution in [1.82, 2.24) is 14.8 Å². The maximum Gasteiger partial charge on any atom is 0.407 e. The molecule has 190 valence electrons. The maximum absolute atomic E-state index is 11.1. The van der Waals surface area contributed by atoms with Gasteiger partial charge in [0.15, 0.2) is 0 Å². The summed E-state index contributed by atoms with van der Waals surface area (Å²) in [6.45, 7) is 2.67. The van der Waals surface area contributed by atoms with Gasteiger partial charge < -0.3 is 24.8 Å². The lowest BCUT2D eigenvalue weighted by Crippen LogP contribution is -2.48. The van der Waals surface area contributed by atoms with Crippen LogP contribution in [0.5, 0.6) is 11.5 Å². The first-order valence-corrected chi connectivity index (χ1v) is 12.0. The first-order chi connectivity index (χ1) is 17.8. The molecule has 1 aliphatic rings. The Bertz CT molecular complexity index is 1450. The van der Waals surface area contributed by atoms with Gasteiger partial charge in [-0.1, -0.05) is 35.0 Å². The van der Waals surface area contributed by atoms with E-state index in [0.717, 1.165) is 0 Å². The van der Waals surface area contributed by atoms with Crippen LogP contribution in [0.1, 0.15) is 11.1 Å². The van der Waals surface area contributed by atoms with E-state index in [1.165, 1.54) is 18.2 Å². The Hall–Kier alpha value is -3.89. The molecule has 1 saturated heterocycles. The number of amides is 1. The number of aromatic nitrogens is 1. The van der Waals surface area contributed by atoms with Gasteiger partial charge in [-0.2, -0.15) is 5.26 Å². The first kappa shape index (κ1) is 26.2. The molecule has 0 atom stereocenters. The summed E-state index contributed by atoms with van der Waals surface area (Å²) in [6.07, 6.45) is 0.585. The van der Waals surface area contributed by atoms with Gasteiger partial charge in [0, 0.05) is 43.8 Å². The van der Waals surface area contributed by atoms with E-state index in [9.17, 15) is 10.1 Å². The SMILES string of the molecule is COc1cc(Nc2c(C#N)cnc3cc(C#CCN4CCN(C(=O)O)CC4)c(OC)cc23)c(Cl)cc1Cl.